The minimum Gasteiger partial charge on any atom is -0.410 e. The Kier molecular flexibility index (Phi) is 6.47. The molecular weight excluding hydrogens is 476 g/mol. The van der Waals surface area contributed by atoms with Crippen LogP contribution in [0.4, 0.5) is 10.6 Å². The number of benzene rings is 1. The average Bonchev–Trinajstić information content (AvgIpc) is 3.50. The van der Waals surface area contributed by atoms with Gasteiger partial charge in [-0.15, -0.1) is 0 Å². The van der Waals surface area contributed by atoms with E-state index in [1.807, 2.05) is 23.0 Å². The molecule has 3 aliphatic rings. The summed E-state index contributed by atoms with van der Waals surface area (Å²) in [5, 5.41) is 16.9. The molecule has 2 aliphatic heterocycles. The molecule has 1 aromatic carbocycles. The Morgan fingerprint density at radius 2 is 1.81 bits per heavy atom. The molecule has 1 aliphatic carbocycles. The number of nitrogens with one attached hydrogen (secondary N) is 1. The van der Waals surface area contributed by atoms with Gasteiger partial charge < -0.3 is 24.8 Å². The van der Waals surface area contributed by atoms with Gasteiger partial charge in [-0.1, -0.05) is 0 Å². The van der Waals surface area contributed by atoms with Gasteiger partial charge in [0.2, 0.25) is 0 Å². The van der Waals surface area contributed by atoms with Crippen LogP contribution in [0.15, 0.2) is 30.5 Å². The molecule has 2 N–H and O–H groups in total. The summed E-state index contributed by atoms with van der Waals surface area (Å²) < 4.78 is 13.3. The summed E-state index contributed by atoms with van der Waals surface area (Å²) in [5.74, 6) is 2.09. The highest BCUT2D eigenvalue weighted by atomic mass is 16.6. The number of aliphatic hydroxyl groups is 1. The Morgan fingerprint density at radius 1 is 1.08 bits per heavy atom. The van der Waals surface area contributed by atoms with Gasteiger partial charge in [0.05, 0.1) is 36.4 Å². The van der Waals surface area contributed by atoms with E-state index in [2.05, 4.69) is 10.2 Å². The molecule has 2 aromatic heterocycles. The SMILES string of the molecule is O=C1CCC(n2ncc3c(N4CC5CCC(C4)O5)nc(-c4ccc(OC(=O)NCCO)cc4)nc32)CC1. The van der Waals surface area contributed by atoms with E-state index in [9.17, 15) is 9.59 Å². The molecule has 194 valence electrons. The summed E-state index contributed by atoms with van der Waals surface area (Å²) >= 11 is 0. The van der Waals surface area contributed by atoms with Crippen molar-refractivity contribution in [1.29, 1.82) is 0 Å². The molecule has 2 unspecified atom stereocenters. The van der Waals surface area contributed by atoms with Crippen molar-refractivity contribution >= 4 is 28.7 Å². The number of nitrogens with zero attached hydrogens (tertiary/aromatic N) is 5. The normalized spacial score (nSPS) is 22.0. The van der Waals surface area contributed by atoms with Gasteiger partial charge >= 0.3 is 6.09 Å². The van der Waals surface area contributed by atoms with Crippen LogP contribution >= 0.6 is 0 Å². The number of Topliss-reactive ketones (excluding diaryl/α,β-unsaturated/α-hetero) is 1. The Morgan fingerprint density at radius 3 is 2.51 bits per heavy atom. The van der Waals surface area contributed by atoms with E-state index in [4.69, 9.17) is 29.6 Å². The lowest BCUT2D eigenvalue weighted by atomic mass is 9.94. The molecule has 11 nitrogen and oxygen atoms in total. The van der Waals surface area contributed by atoms with Crippen LogP contribution in [-0.2, 0) is 9.53 Å². The van der Waals surface area contributed by atoms with Gasteiger partial charge in [0.25, 0.3) is 0 Å². The van der Waals surface area contributed by atoms with E-state index in [-0.39, 0.29) is 31.4 Å². The molecule has 6 rings (SSSR count). The van der Waals surface area contributed by atoms with Crippen molar-refractivity contribution in [2.75, 3.05) is 31.1 Å². The number of carbonyl (C=O) groups excluding carboxylic acids is 2. The van der Waals surface area contributed by atoms with Crippen LogP contribution in [0.2, 0.25) is 0 Å². The topological polar surface area (TPSA) is 132 Å². The first kappa shape index (κ1) is 23.8. The van der Waals surface area contributed by atoms with Crippen molar-refractivity contribution in [3.8, 4) is 17.1 Å². The van der Waals surface area contributed by atoms with Crippen LogP contribution in [0.3, 0.4) is 0 Å². The average molecular weight is 507 g/mol. The molecule has 2 saturated heterocycles. The van der Waals surface area contributed by atoms with Crippen LogP contribution in [0.5, 0.6) is 5.75 Å². The number of aromatic nitrogens is 4. The van der Waals surface area contributed by atoms with E-state index in [0.717, 1.165) is 61.2 Å². The highest BCUT2D eigenvalue weighted by Gasteiger charge is 2.35. The zero-order chi connectivity index (χ0) is 25.4. The zero-order valence-electron chi connectivity index (χ0n) is 20.5. The number of morpholine rings is 1. The van der Waals surface area contributed by atoms with Crippen LogP contribution in [0, 0.1) is 0 Å². The maximum absolute atomic E-state index is 11.8. The van der Waals surface area contributed by atoms with E-state index < -0.39 is 6.09 Å². The van der Waals surface area contributed by atoms with Crippen LogP contribution < -0.4 is 15.0 Å². The summed E-state index contributed by atoms with van der Waals surface area (Å²) in [6, 6.07) is 7.16. The van der Waals surface area contributed by atoms with Gasteiger partial charge in [0, 0.05) is 38.0 Å². The molecule has 37 heavy (non-hydrogen) atoms. The van der Waals surface area contributed by atoms with Gasteiger partial charge in [-0.05, 0) is 49.9 Å². The summed E-state index contributed by atoms with van der Waals surface area (Å²) in [7, 11) is 0. The Hall–Kier alpha value is -3.57. The molecule has 3 aromatic rings. The van der Waals surface area contributed by atoms with Crippen molar-refractivity contribution in [1.82, 2.24) is 25.1 Å². The maximum Gasteiger partial charge on any atom is 0.412 e. The van der Waals surface area contributed by atoms with Crippen molar-refractivity contribution < 1.29 is 24.2 Å². The Labute approximate surface area is 213 Å². The van der Waals surface area contributed by atoms with E-state index in [1.54, 1.807) is 12.1 Å². The Balaban J connectivity index is 1.35. The molecule has 1 saturated carbocycles. The van der Waals surface area contributed by atoms with E-state index in [0.29, 0.717) is 30.2 Å². The Bertz CT molecular complexity index is 1290. The number of carbonyl (C=O) groups is 2. The highest BCUT2D eigenvalue weighted by molar-refractivity contribution is 5.89. The predicted molar refractivity (Wildman–Crippen MR) is 134 cm³/mol. The number of ketones is 1. The standard InChI is InChI=1S/C26H30N6O5/c33-12-11-27-26(35)37-19-7-1-16(2-8-19)23-29-24(31-14-20-9-10-21(15-31)36-20)22-13-28-32(25(22)30-23)17-3-5-18(34)6-4-17/h1-2,7-8,13,17,20-21,33H,3-6,9-12,14-15H2,(H,27,35). The van der Waals surface area contributed by atoms with E-state index in [1.165, 1.54) is 0 Å². The second kappa shape index (κ2) is 10.1. The molecule has 0 spiro atoms. The molecule has 2 bridgehead atoms. The minimum atomic E-state index is -0.626. The first-order valence-corrected chi connectivity index (χ1v) is 12.9. The monoisotopic (exact) mass is 506 g/mol. The lowest BCUT2D eigenvalue weighted by molar-refractivity contribution is -0.120. The summed E-state index contributed by atoms with van der Waals surface area (Å²) in [5.41, 5.74) is 1.55. The smallest absolute Gasteiger partial charge is 0.410 e. The third-order valence-corrected chi connectivity index (χ3v) is 7.34. The summed E-state index contributed by atoms with van der Waals surface area (Å²) in [6.45, 7) is 1.52. The van der Waals surface area contributed by atoms with Crippen LogP contribution in [0.1, 0.15) is 44.6 Å². The minimum absolute atomic E-state index is 0.125. The number of ether oxygens (including phenoxy) is 2. The first-order chi connectivity index (χ1) is 18.1. The molecule has 4 heterocycles. The lowest BCUT2D eigenvalue weighted by Crippen LogP contribution is -2.43. The third-order valence-electron chi connectivity index (χ3n) is 7.34. The summed E-state index contributed by atoms with van der Waals surface area (Å²) in [6.07, 6.45) is 6.42. The number of hydrogen-bond donors (Lipinski definition) is 2. The van der Waals surface area contributed by atoms with Crippen molar-refractivity contribution in [2.24, 2.45) is 0 Å². The van der Waals surface area contributed by atoms with Crippen molar-refractivity contribution in [2.45, 2.75) is 56.8 Å². The molecule has 0 radical (unpaired) electrons. The largest absolute Gasteiger partial charge is 0.412 e. The third kappa shape index (κ3) is 4.88. The number of amides is 1. The van der Waals surface area contributed by atoms with Crippen LogP contribution in [-0.4, -0.2) is 75.2 Å². The second-order valence-electron chi connectivity index (χ2n) is 9.89. The first-order valence-electron chi connectivity index (χ1n) is 12.9. The molecule has 1 amide bonds. The quantitative estimate of drug-likeness (QED) is 0.518. The number of rotatable bonds is 6. The van der Waals surface area contributed by atoms with Gasteiger partial charge in [-0.25, -0.2) is 19.4 Å². The van der Waals surface area contributed by atoms with Gasteiger partial charge in [0.15, 0.2) is 11.5 Å². The van der Waals surface area contributed by atoms with Gasteiger partial charge in [-0.2, -0.15) is 5.10 Å². The fraction of sp³-hybridized carbons (Fsp3) is 0.500. The lowest BCUT2D eigenvalue weighted by Gasteiger charge is -2.33. The molecule has 3 fully saturated rings. The van der Waals surface area contributed by atoms with Crippen molar-refractivity contribution in [3.05, 3.63) is 30.5 Å². The maximum atomic E-state index is 11.8. The molecule has 2 atom stereocenters. The van der Waals surface area contributed by atoms with Crippen LogP contribution in [0.25, 0.3) is 22.4 Å². The number of fused-ring (bicyclic) bond motifs is 3. The molecule has 11 heteroatoms. The second-order valence-corrected chi connectivity index (χ2v) is 9.89. The van der Waals surface area contributed by atoms with Crippen molar-refractivity contribution in [3.63, 3.8) is 0 Å². The number of hydrogen-bond acceptors (Lipinski definition) is 9. The van der Waals surface area contributed by atoms with Gasteiger partial charge in [-0.3, -0.25) is 4.79 Å². The fourth-order valence-corrected chi connectivity index (χ4v) is 5.48. The number of anilines is 1. The fourth-order valence-electron chi connectivity index (χ4n) is 5.48. The number of aliphatic hydroxyl groups excluding tert-OH is 1. The van der Waals surface area contributed by atoms with Gasteiger partial charge in [0.1, 0.15) is 17.4 Å². The zero-order valence-corrected chi connectivity index (χ0v) is 20.5. The molecular formula is C26H30N6O5. The highest BCUT2D eigenvalue weighted by Crippen LogP contribution is 2.36. The summed E-state index contributed by atoms with van der Waals surface area (Å²) in [4.78, 5) is 35.9. The predicted octanol–water partition coefficient (Wildman–Crippen LogP) is 2.63. The van der Waals surface area contributed by atoms with E-state index >= 15 is 0 Å².